The SMILES string of the molecule is O=c1c2ccccc2oc2cccc(-c3ccc(-c4ccccc4Br)cc3)c12. The first kappa shape index (κ1) is 17.0. The first-order valence-corrected chi connectivity index (χ1v) is 9.81. The number of rotatable bonds is 2. The lowest BCUT2D eigenvalue weighted by Crippen LogP contribution is -2.03. The maximum absolute atomic E-state index is 13.1. The van der Waals surface area contributed by atoms with Crippen LogP contribution in [0.15, 0.2) is 105 Å². The molecule has 0 saturated carbocycles. The zero-order chi connectivity index (χ0) is 19.1. The number of fused-ring (bicyclic) bond motifs is 2. The van der Waals surface area contributed by atoms with Gasteiger partial charge in [-0.15, -0.1) is 0 Å². The standard InChI is InChI=1S/C25H15BrO2/c26-21-9-3-1-6-18(21)16-12-14-17(15-13-16)19-8-5-11-23-24(19)25(27)20-7-2-4-10-22(20)28-23/h1-15H. The van der Waals surface area contributed by atoms with Crippen molar-refractivity contribution < 1.29 is 4.42 Å². The summed E-state index contributed by atoms with van der Waals surface area (Å²) in [6.45, 7) is 0. The van der Waals surface area contributed by atoms with Crippen LogP contribution in [-0.4, -0.2) is 0 Å². The maximum atomic E-state index is 13.1. The minimum Gasteiger partial charge on any atom is -0.456 e. The van der Waals surface area contributed by atoms with E-state index in [1.807, 2.05) is 60.7 Å². The van der Waals surface area contributed by atoms with Crippen LogP contribution < -0.4 is 5.43 Å². The third-order valence-electron chi connectivity index (χ3n) is 4.99. The average Bonchev–Trinajstić information content (AvgIpc) is 2.74. The van der Waals surface area contributed by atoms with Crippen molar-refractivity contribution in [2.75, 3.05) is 0 Å². The molecule has 0 bridgehead atoms. The molecular weight excluding hydrogens is 412 g/mol. The fraction of sp³-hybridized carbons (Fsp3) is 0. The lowest BCUT2D eigenvalue weighted by atomic mass is 9.97. The molecule has 4 aromatic carbocycles. The van der Waals surface area contributed by atoms with Gasteiger partial charge >= 0.3 is 0 Å². The van der Waals surface area contributed by atoms with Crippen LogP contribution in [0.3, 0.4) is 0 Å². The molecule has 0 saturated heterocycles. The van der Waals surface area contributed by atoms with Crippen LogP contribution in [0.2, 0.25) is 0 Å². The molecule has 0 aliphatic rings. The molecule has 5 rings (SSSR count). The van der Waals surface area contributed by atoms with Gasteiger partial charge in [0.15, 0.2) is 0 Å². The lowest BCUT2D eigenvalue weighted by Gasteiger charge is -2.09. The van der Waals surface area contributed by atoms with Gasteiger partial charge in [-0.3, -0.25) is 4.79 Å². The highest BCUT2D eigenvalue weighted by Crippen LogP contribution is 2.32. The summed E-state index contributed by atoms with van der Waals surface area (Å²) in [6.07, 6.45) is 0. The lowest BCUT2D eigenvalue weighted by molar-refractivity contribution is 0.660. The second-order valence-corrected chi connectivity index (χ2v) is 7.52. The number of halogens is 1. The smallest absolute Gasteiger partial charge is 0.201 e. The van der Waals surface area contributed by atoms with Gasteiger partial charge in [-0.05, 0) is 46.5 Å². The monoisotopic (exact) mass is 426 g/mol. The topological polar surface area (TPSA) is 30.2 Å². The van der Waals surface area contributed by atoms with E-state index < -0.39 is 0 Å². The van der Waals surface area contributed by atoms with Crippen LogP contribution in [0.25, 0.3) is 44.2 Å². The Bertz CT molecular complexity index is 1380. The van der Waals surface area contributed by atoms with Crippen LogP contribution in [-0.2, 0) is 0 Å². The molecule has 1 heterocycles. The molecule has 0 radical (unpaired) electrons. The Balaban J connectivity index is 1.70. The van der Waals surface area contributed by atoms with E-state index in [4.69, 9.17) is 4.42 Å². The first-order valence-electron chi connectivity index (χ1n) is 9.02. The van der Waals surface area contributed by atoms with Gasteiger partial charge in [-0.2, -0.15) is 0 Å². The van der Waals surface area contributed by atoms with Crippen molar-refractivity contribution in [1.29, 1.82) is 0 Å². The number of para-hydroxylation sites is 1. The second-order valence-electron chi connectivity index (χ2n) is 6.66. The number of hydrogen-bond donors (Lipinski definition) is 0. The molecule has 0 atom stereocenters. The van der Waals surface area contributed by atoms with Crippen LogP contribution >= 0.6 is 15.9 Å². The minimum atomic E-state index is 0.00216. The summed E-state index contributed by atoms with van der Waals surface area (Å²) in [5.41, 5.74) is 5.35. The Labute approximate surface area is 170 Å². The highest BCUT2D eigenvalue weighted by Gasteiger charge is 2.13. The fourth-order valence-electron chi connectivity index (χ4n) is 3.61. The molecule has 3 heteroatoms. The minimum absolute atomic E-state index is 0.00216. The molecule has 0 spiro atoms. The van der Waals surface area contributed by atoms with Gasteiger partial charge in [0, 0.05) is 4.47 Å². The van der Waals surface area contributed by atoms with E-state index in [1.165, 1.54) is 0 Å². The zero-order valence-electron chi connectivity index (χ0n) is 14.9. The number of benzene rings is 4. The van der Waals surface area contributed by atoms with Gasteiger partial charge in [0.05, 0.1) is 10.8 Å². The van der Waals surface area contributed by atoms with Gasteiger partial charge in [0.2, 0.25) is 5.43 Å². The maximum Gasteiger partial charge on any atom is 0.201 e. The van der Waals surface area contributed by atoms with Crippen molar-refractivity contribution in [3.63, 3.8) is 0 Å². The van der Waals surface area contributed by atoms with E-state index in [9.17, 15) is 4.79 Å². The molecule has 2 nitrogen and oxygen atoms in total. The van der Waals surface area contributed by atoms with Gasteiger partial charge < -0.3 is 4.42 Å². The molecule has 1 aromatic heterocycles. The predicted molar refractivity (Wildman–Crippen MR) is 119 cm³/mol. The van der Waals surface area contributed by atoms with Crippen molar-refractivity contribution in [2.45, 2.75) is 0 Å². The fourth-order valence-corrected chi connectivity index (χ4v) is 4.13. The van der Waals surface area contributed by atoms with E-state index in [0.717, 1.165) is 26.7 Å². The molecule has 134 valence electrons. The van der Waals surface area contributed by atoms with Crippen molar-refractivity contribution >= 4 is 37.9 Å². The van der Waals surface area contributed by atoms with Crippen LogP contribution in [0.4, 0.5) is 0 Å². The zero-order valence-corrected chi connectivity index (χ0v) is 16.4. The Kier molecular flexibility index (Phi) is 4.10. The highest BCUT2D eigenvalue weighted by molar-refractivity contribution is 9.10. The second kappa shape index (κ2) is 6.77. The third-order valence-corrected chi connectivity index (χ3v) is 5.68. The molecule has 0 unspecified atom stereocenters. The van der Waals surface area contributed by atoms with Crippen molar-refractivity contribution in [3.05, 3.63) is 106 Å². The van der Waals surface area contributed by atoms with Gasteiger partial charge in [-0.25, -0.2) is 0 Å². The summed E-state index contributed by atoms with van der Waals surface area (Å²) >= 11 is 3.61. The van der Waals surface area contributed by atoms with Crippen LogP contribution in [0.5, 0.6) is 0 Å². The predicted octanol–water partition coefficient (Wildman–Crippen LogP) is 7.04. The molecule has 5 aromatic rings. The number of hydrogen-bond acceptors (Lipinski definition) is 2. The molecule has 28 heavy (non-hydrogen) atoms. The Morgan fingerprint density at radius 2 is 1.21 bits per heavy atom. The van der Waals surface area contributed by atoms with Crippen molar-refractivity contribution in [3.8, 4) is 22.3 Å². The average molecular weight is 427 g/mol. The van der Waals surface area contributed by atoms with E-state index in [2.05, 4.69) is 46.3 Å². The van der Waals surface area contributed by atoms with Gasteiger partial charge in [0.1, 0.15) is 11.2 Å². The molecule has 0 aliphatic carbocycles. The van der Waals surface area contributed by atoms with E-state index in [1.54, 1.807) is 0 Å². The summed E-state index contributed by atoms with van der Waals surface area (Å²) in [5.74, 6) is 0. The summed E-state index contributed by atoms with van der Waals surface area (Å²) in [7, 11) is 0. The van der Waals surface area contributed by atoms with Gasteiger partial charge in [-0.1, -0.05) is 82.7 Å². The van der Waals surface area contributed by atoms with Crippen LogP contribution in [0.1, 0.15) is 0 Å². The quantitative estimate of drug-likeness (QED) is 0.283. The normalized spacial score (nSPS) is 11.2. The Morgan fingerprint density at radius 1 is 0.607 bits per heavy atom. The Morgan fingerprint density at radius 3 is 2.00 bits per heavy atom. The summed E-state index contributed by atoms with van der Waals surface area (Å²) < 4.78 is 7.05. The molecule has 0 fully saturated rings. The molecule has 0 N–H and O–H groups in total. The van der Waals surface area contributed by atoms with E-state index in [0.29, 0.717) is 21.9 Å². The molecule has 0 amide bonds. The Hall–Kier alpha value is -3.17. The largest absolute Gasteiger partial charge is 0.456 e. The van der Waals surface area contributed by atoms with Crippen LogP contribution in [0, 0.1) is 0 Å². The third kappa shape index (κ3) is 2.76. The van der Waals surface area contributed by atoms with Crippen molar-refractivity contribution in [2.24, 2.45) is 0 Å². The summed E-state index contributed by atoms with van der Waals surface area (Å²) in [4.78, 5) is 13.1. The molecule has 0 aliphatic heterocycles. The van der Waals surface area contributed by atoms with Gasteiger partial charge in [0.25, 0.3) is 0 Å². The highest BCUT2D eigenvalue weighted by atomic mass is 79.9. The van der Waals surface area contributed by atoms with E-state index in [-0.39, 0.29) is 5.43 Å². The molecular formula is C25H15BrO2. The van der Waals surface area contributed by atoms with E-state index >= 15 is 0 Å². The first-order chi connectivity index (χ1) is 13.7. The summed E-state index contributed by atoms with van der Waals surface area (Å²) in [5, 5.41) is 1.22. The summed E-state index contributed by atoms with van der Waals surface area (Å²) in [6, 6.07) is 29.5. The van der Waals surface area contributed by atoms with Crippen molar-refractivity contribution in [1.82, 2.24) is 0 Å².